The Morgan fingerprint density at radius 3 is 2.55 bits per heavy atom. The molecule has 0 radical (unpaired) electrons. The summed E-state index contributed by atoms with van der Waals surface area (Å²) in [7, 11) is 0. The summed E-state index contributed by atoms with van der Waals surface area (Å²) in [6, 6.07) is 9.83. The Morgan fingerprint density at radius 1 is 1.27 bits per heavy atom. The molecule has 0 amide bonds. The minimum Gasteiger partial charge on any atom is -0.464 e. The van der Waals surface area contributed by atoms with Crippen LogP contribution >= 0.6 is 0 Å². The number of benzene rings is 1. The maximum absolute atomic E-state index is 13.0. The first-order chi connectivity index (χ1) is 10.6. The van der Waals surface area contributed by atoms with Gasteiger partial charge >= 0.3 is 5.97 Å². The number of hydrogen-bond acceptors (Lipinski definition) is 3. The van der Waals surface area contributed by atoms with Crippen molar-refractivity contribution >= 4 is 5.97 Å². The number of hydrogen-bond donors (Lipinski definition) is 1. The van der Waals surface area contributed by atoms with Crippen LogP contribution in [0, 0.1) is 5.92 Å². The number of aromatic nitrogens is 2. The lowest BCUT2D eigenvalue weighted by Gasteiger charge is -2.31. The summed E-state index contributed by atoms with van der Waals surface area (Å²) < 4.78 is 5.62. The second-order valence-corrected chi connectivity index (χ2v) is 6.00. The number of aromatic amines is 1. The van der Waals surface area contributed by atoms with Gasteiger partial charge in [0.25, 0.3) is 0 Å². The maximum atomic E-state index is 13.0. The van der Waals surface area contributed by atoms with E-state index >= 15 is 0 Å². The summed E-state index contributed by atoms with van der Waals surface area (Å²) in [5.41, 5.74) is 1.01. The van der Waals surface area contributed by atoms with E-state index in [1.165, 1.54) is 0 Å². The summed E-state index contributed by atoms with van der Waals surface area (Å²) in [6.45, 7) is 6.58. The molecule has 0 aliphatic rings. The fraction of sp³-hybridized carbons (Fsp3) is 0.444. The van der Waals surface area contributed by atoms with Crippen molar-refractivity contribution in [3.8, 4) is 0 Å². The number of carbonyl (C=O) groups excluding carboxylic acids is 1. The SMILES string of the molecule is CCCC(C(=O)OCC(C)C)(c1ccccc1)c1cn[nH]c1. The zero-order valence-electron chi connectivity index (χ0n) is 13.5. The van der Waals surface area contributed by atoms with E-state index in [9.17, 15) is 4.79 Å². The van der Waals surface area contributed by atoms with Crippen LogP contribution in [0.15, 0.2) is 42.7 Å². The highest BCUT2D eigenvalue weighted by atomic mass is 16.5. The zero-order valence-corrected chi connectivity index (χ0v) is 13.5. The standard InChI is InChI=1S/C18H24N2O2/c1-4-10-18(16-11-19-20-12-16,15-8-6-5-7-9-15)17(21)22-13-14(2)3/h5-9,11-12,14H,4,10,13H2,1-3H3,(H,19,20). The smallest absolute Gasteiger partial charge is 0.321 e. The summed E-state index contributed by atoms with van der Waals surface area (Å²) in [5, 5.41) is 6.87. The predicted octanol–water partition coefficient (Wildman–Crippen LogP) is 3.70. The van der Waals surface area contributed by atoms with Crippen molar-refractivity contribution in [2.45, 2.75) is 39.0 Å². The van der Waals surface area contributed by atoms with E-state index in [0.29, 0.717) is 18.9 Å². The van der Waals surface area contributed by atoms with Crippen LogP contribution in [0.25, 0.3) is 0 Å². The normalized spacial score (nSPS) is 13.8. The lowest BCUT2D eigenvalue weighted by atomic mass is 9.72. The van der Waals surface area contributed by atoms with E-state index in [0.717, 1.165) is 17.5 Å². The van der Waals surface area contributed by atoms with Crippen LogP contribution in [0.5, 0.6) is 0 Å². The van der Waals surface area contributed by atoms with E-state index in [1.807, 2.05) is 44.2 Å². The third-order valence-electron chi connectivity index (χ3n) is 3.78. The summed E-state index contributed by atoms with van der Waals surface area (Å²) in [6.07, 6.45) is 5.07. The second kappa shape index (κ2) is 7.25. The molecule has 118 valence electrons. The van der Waals surface area contributed by atoms with Crippen molar-refractivity contribution in [2.24, 2.45) is 5.92 Å². The quantitative estimate of drug-likeness (QED) is 0.793. The number of nitrogens with one attached hydrogen (secondary N) is 1. The molecule has 0 aliphatic heterocycles. The molecule has 1 atom stereocenters. The highest BCUT2D eigenvalue weighted by Crippen LogP contribution is 2.37. The van der Waals surface area contributed by atoms with Crippen molar-refractivity contribution in [3.05, 3.63) is 53.9 Å². The molecule has 0 spiro atoms. The van der Waals surface area contributed by atoms with Gasteiger partial charge in [0.1, 0.15) is 5.41 Å². The molecule has 4 heteroatoms. The Balaban J connectivity index is 2.49. The molecule has 1 aromatic heterocycles. The fourth-order valence-electron chi connectivity index (χ4n) is 2.74. The van der Waals surface area contributed by atoms with Crippen LogP contribution in [0.1, 0.15) is 44.7 Å². The first-order valence-electron chi connectivity index (χ1n) is 7.83. The van der Waals surface area contributed by atoms with E-state index < -0.39 is 5.41 Å². The molecule has 2 aromatic rings. The average molecular weight is 300 g/mol. The van der Waals surface area contributed by atoms with Gasteiger partial charge in [0.2, 0.25) is 0 Å². The van der Waals surface area contributed by atoms with Gasteiger partial charge in [0.05, 0.1) is 12.8 Å². The van der Waals surface area contributed by atoms with Crippen molar-refractivity contribution < 1.29 is 9.53 Å². The number of rotatable bonds is 7. The average Bonchev–Trinajstić information content (AvgIpc) is 3.05. The number of H-pyrrole nitrogens is 1. The molecule has 22 heavy (non-hydrogen) atoms. The van der Waals surface area contributed by atoms with Crippen LogP contribution in [-0.4, -0.2) is 22.8 Å². The van der Waals surface area contributed by atoms with Gasteiger partial charge in [-0.1, -0.05) is 57.5 Å². The van der Waals surface area contributed by atoms with Crippen LogP contribution in [0.3, 0.4) is 0 Å². The van der Waals surface area contributed by atoms with Crippen molar-refractivity contribution in [1.29, 1.82) is 0 Å². The van der Waals surface area contributed by atoms with Crippen molar-refractivity contribution in [1.82, 2.24) is 10.2 Å². The Bertz CT molecular complexity index is 578. The molecule has 0 saturated carbocycles. The van der Waals surface area contributed by atoms with E-state index in [2.05, 4.69) is 17.1 Å². The Labute approximate surface area is 131 Å². The van der Waals surface area contributed by atoms with Crippen molar-refractivity contribution in [3.63, 3.8) is 0 Å². The third-order valence-corrected chi connectivity index (χ3v) is 3.78. The highest BCUT2D eigenvalue weighted by Gasteiger charge is 2.43. The van der Waals surface area contributed by atoms with Crippen LogP contribution < -0.4 is 0 Å². The van der Waals surface area contributed by atoms with Crippen LogP contribution in [0.2, 0.25) is 0 Å². The molecule has 4 nitrogen and oxygen atoms in total. The topological polar surface area (TPSA) is 55.0 Å². The first kappa shape index (κ1) is 16.3. The number of ether oxygens (including phenoxy) is 1. The molecular formula is C18H24N2O2. The van der Waals surface area contributed by atoms with Gasteiger partial charge in [-0.3, -0.25) is 9.89 Å². The Hall–Kier alpha value is -2.10. The number of esters is 1. The molecule has 0 saturated heterocycles. The van der Waals surface area contributed by atoms with Gasteiger partial charge in [-0.05, 0) is 17.9 Å². The Morgan fingerprint density at radius 2 is 2.00 bits per heavy atom. The minimum absolute atomic E-state index is 0.198. The molecular weight excluding hydrogens is 276 g/mol. The molecule has 1 heterocycles. The van der Waals surface area contributed by atoms with E-state index in [1.54, 1.807) is 12.4 Å². The minimum atomic E-state index is -0.794. The predicted molar refractivity (Wildman–Crippen MR) is 86.5 cm³/mol. The second-order valence-electron chi connectivity index (χ2n) is 6.00. The Kier molecular flexibility index (Phi) is 5.36. The summed E-state index contributed by atoms with van der Waals surface area (Å²) >= 11 is 0. The van der Waals surface area contributed by atoms with Gasteiger partial charge in [0.15, 0.2) is 0 Å². The summed E-state index contributed by atoms with van der Waals surface area (Å²) in [4.78, 5) is 13.0. The fourth-order valence-corrected chi connectivity index (χ4v) is 2.74. The van der Waals surface area contributed by atoms with Gasteiger partial charge in [-0.2, -0.15) is 5.10 Å². The lowest BCUT2D eigenvalue weighted by molar-refractivity contribution is -0.150. The van der Waals surface area contributed by atoms with Crippen LogP contribution in [-0.2, 0) is 14.9 Å². The van der Waals surface area contributed by atoms with Gasteiger partial charge in [0, 0.05) is 11.8 Å². The molecule has 0 fully saturated rings. The molecule has 1 N–H and O–H groups in total. The van der Waals surface area contributed by atoms with E-state index in [4.69, 9.17) is 4.74 Å². The van der Waals surface area contributed by atoms with E-state index in [-0.39, 0.29) is 5.97 Å². The number of carbonyl (C=O) groups is 1. The van der Waals surface area contributed by atoms with Crippen LogP contribution in [0.4, 0.5) is 0 Å². The van der Waals surface area contributed by atoms with Gasteiger partial charge < -0.3 is 4.74 Å². The first-order valence-corrected chi connectivity index (χ1v) is 7.83. The molecule has 1 aromatic carbocycles. The van der Waals surface area contributed by atoms with Gasteiger partial charge in [-0.25, -0.2) is 0 Å². The van der Waals surface area contributed by atoms with Crippen molar-refractivity contribution in [2.75, 3.05) is 6.61 Å². The van der Waals surface area contributed by atoms with Gasteiger partial charge in [-0.15, -0.1) is 0 Å². The zero-order chi connectivity index (χ0) is 16.0. The monoisotopic (exact) mass is 300 g/mol. The number of nitrogens with zero attached hydrogens (tertiary/aromatic N) is 1. The molecule has 2 rings (SSSR count). The molecule has 0 bridgehead atoms. The largest absolute Gasteiger partial charge is 0.464 e. The third kappa shape index (κ3) is 3.21. The lowest BCUT2D eigenvalue weighted by Crippen LogP contribution is -2.39. The summed E-state index contributed by atoms with van der Waals surface area (Å²) in [5.74, 6) is 0.110. The maximum Gasteiger partial charge on any atom is 0.321 e. The highest BCUT2D eigenvalue weighted by molar-refractivity contribution is 5.87. The molecule has 1 unspecified atom stereocenters. The molecule has 0 aliphatic carbocycles.